The number of halogens is 1. The van der Waals surface area contributed by atoms with Gasteiger partial charge in [0.1, 0.15) is 11.8 Å². The van der Waals surface area contributed by atoms with E-state index in [9.17, 15) is 14.7 Å². The third-order valence-corrected chi connectivity index (χ3v) is 5.30. The zero-order valence-electron chi connectivity index (χ0n) is 17.9. The topological polar surface area (TPSA) is 127 Å². The molecule has 1 aromatic heterocycles. The van der Waals surface area contributed by atoms with Crippen molar-refractivity contribution in [3.05, 3.63) is 83.4 Å². The molecule has 9 heteroatoms. The molecule has 3 aromatic carbocycles. The molecule has 1 atom stereocenters. The van der Waals surface area contributed by atoms with Crippen LogP contribution in [0.4, 0.5) is 5.95 Å². The highest BCUT2D eigenvalue weighted by molar-refractivity contribution is 6.31. The number of hydrogen-bond acceptors (Lipinski definition) is 6. The molecular weight excluding hydrogens is 468 g/mol. The van der Waals surface area contributed by atoms with Crippen molar-refractivity contribution in [1.29, 1.82) is 0 Å². The number of nitrogens with zero attached hydrogens (tertiary/aromatic N) is 2. The van der Waals surface area contributed by atoms with Crippen molar-refractivity contribution in [2.24, 2.45) is 0 Å². The number of carbonyl (C=O) groups excluding carboxylic acids is 1. The molecule has 0 radical (unpaired) electrons. The van der Waals surface area contributed by atoms with Crippen LogP contribution in [0.5, 0.6) is 5.75 Å². The van der Waals surface area contributed by atoms with Gasteiger partial charge in [0, 0.05) is 22.4 Å². The van der Waals surface area contributed by atoms with Gasteiger partial charge in [-0.05, 0) is 35.9 Å². The van der Waals surface area contributed by atoms with Gasteiger partial charge in [0.2, 0.25) is 5.95 Å². The van der Waals surface area contributed by atoms with Gasteiger partial charge in [-0.15, -0.1) is 0 Å². The number of carbonyl (C=O) groups is 2. The summed E-state index contributed by atoms with van der Waals surface area (Å²) in [6.45, 7) is -0.347. The number of carboxylic acid groups (broad SMARTS) is 1. The lowest BCUT2D eigenvalue weighted by atomic mass is 10.1. The van der Waals surface area contributed by atoms with Crippen molar-refractivity contribution >= 4 is 40.3 Å². The van der Waals surface area contributed by atoms with Crippen molar-refractivity contribution in [3.63, 3.8) is 0 Å². The minimum absolute atomic E-state index is 0. The molecule has 4 aromatic rings. The minimum atomic E-state index is -1.12. The number of nitrogens with two attached hydrogens (primary N) is 1. The van der Waals surface area contributed by atoms with E-state index in [2.05, 4.69) is 15.3 Å². The lowest BCUT2D eigenvalue weighted by Gasteiger charge is -2.15. The molecule has 35 heavy (non-hydrogen) atoms. The number of aliphatic carboxylic acids is 1. The average molecular weight is 493 g/mol. The SMILES string of the molecule is C.Nc1nc(-c2cccc(OCC(=O)NC(Cc3ccccc3)C(=O)O)c2)c2cc(Cl)ccc2n1. The zero-order chi connectivity index (χ0) is 24.1. The third-order valence-electron chi connectivity index (χ3n) is 5.07. The molecule has 0 bridgehead atoms. The van der Waals surface area contributed by atoms with Crippen LogP contribution in [0.2, 0.25) is 5.02 Å². The smallest absolute Gasteiger partial charge is 0.326 e. The lowest BCUT2D eigenvalue weighted by Crippen LogP contribution is -2.44. The number of nitrogen functional groups attached to an aromatic ring is 1. The summed E-state index contributed by atoms with van der Waals surface area (Å²) in [5.41, 5.74) is 8.61. The monoisotopic (exact) mass is 492 g/mol. The van der Waals surface area contributed by atoms with E-state index in [4.69, 9.17) is 22.1 Å². The van der Waals surface area contributed by atoms with E-state index < -0.39 is 17.9 Å². The molecule has 4 N–H and O–H groups in total. The molecule has 1 amide bonds. The molecule has 0 saturated carbocycles. The lowest BCUT2D eigenvalue weighted by molar-refractivity contribution is -0.142. The number of nitrogens with one attached hydrogen (secondary N) is 1. The first-order chi connectivity index (χ1) is 16.4. The van der Waals surface area contributed by atoms with Crippen molar-refractivity contribution in [2.75, 3.05) is 12.3 Å². The Morgan fingerprint density at radius 1 is 1.03 bits per heavy atom. The van der Waals surface area contributed by atoms with Gasteiger partial charge >= 0.3 is 5.97 Å². The first kappa shape index (κ1) is 25.5. The number of ether oxygens (including phenoxy) is 1. The summed E-state index contributed by atoms with van der Waals surface area (Å²) in [5.74, 6) is -1.13. The third kappa shape index (κ3) is 6.45. The van der Waals surface area contributed by atoms with Crippen LogP contribution in [0.3, 0.4) is 0 Å². The maximum atomic E-state index is 12.4. The van der Waals surface area contributed by atoms with Crippen LogP contribution in [0.25, 0.3) is 22.2 Å². The molecule has 1 unspecified atom stereocenters. The molecule has 0 aliphatic rings. The molecule has 0 saturated heterocycles. The zero-order valence-corrected chi connectivity index (χ0v) is 18.7. The van der Waals surface area contributed by atoms with Crippen LogP contribution in [0.15, 0.2) is 72.8 Å². The Morgan fingerprint density at radius 2 is 1.80 bits per heavy atom. The highest BCUT2D eigenvalue weighted by Gasteiger charge is 2.20. The Bertz CT molecular complexity index is 1350. The predicted octanol–water partition coefficient (Wildman–Crippen LogP) is 4.36. The van der Waals surface area contributed by atoms with Crippen LogP contribution in [0, 0.1) is 0 Å². The normalized spacial score (nSPS) is 11.3. The van der Waals surface area contributed by atoms with E-state index in [-0.39, 0.29) is 26.4 Å². The summed E-state index contributed by atoms with van der Waals surface area (Å²) >= 11 is 6.15. The molecule has 180 valence electrons. The molecule has 1 heterocycles. The van der Waals surface area contributed by atoms with Crippen molar-refractivity contribution in [2.45, 2.75) is 19.9 Å². The van der Waals surface area contributed by atoms with Crippen LogP contribution in [-0.4, -0.2) is 39.6 Å². The summed E-state index contributed by atoms with van der Waals surface area (Å²) in [6.07, 6.45) is 0.169. The van der Waals surface area contributed by atoms with Crippen LogP contribution in [-0.2, 0) is 16.0 Å². The quantitative estimate of drug-likeness (QED) is 0.333. The Morgan fingerprint density at radius 3 is 2.54 bits per heavy atom. The van der Waals surface area contributed by atoms with Gasteiger partial charge in [-0.1, -0.05) is 61.5 Å². The highest BCUT2D eigenvalue weighted by Crippen LogP contribution is 2.30. The van der Waals surface area contributed by atoms with Crippen LogP contribution in [0.1, 0.15) is 13.0 Å². The second-order valence-corrected chi connectivity index (χ2v) is 7.99. The van der Waals surface area contributed by atoms with E-state index in [1.165, 1.54) is 0 Å². The summed E-state index contributed by atoms with van der Waals surface area (Å²) in [6, 6.07) is 20.2. The van der Waals surface area contributed by atoms with Crippen molar-refractivity contribution < 1.29 is 19.4 Å². The highest BCUT2D eigenvalue weighted by atomic mass is 35.5. The molecular formula is C26H25ClN4O4. The van der Waals surface area contributed by atoms with E-state index in [0.29, 0.717) is 27.5 Å². The molecule has 0 aliphatic heterocycles. The molecule has 0 aliphatic carbocycles. The van der Waals surface area contributed by atoms with E-state index in [1.54, 1.807) is 48.5 Å². The van der Waals surface area contributed by atoms with E-state index in [1.807, 2.05) is 24.3 Å². The number of amides is 1. The number of benzene rings is 3. The molecule has 8 nitrogen and oxygen atoms in total. The summed E-state index contributed by atoms with van der Waals surface area (Å²) in [4.78, 5) is 32.6. The van der Waals surface area contributed by atoms with Crippen LogP contribution >= 0.6 is 11.6 Å². The number of aromatic nitrogens is 2. The standard InChI is InChI=1S/C25H21ClN4O4.CH4/c26-17-9-10-20-19(13-17)23(30-25(27)29-20)16-7-4-8-18(12-16)34-14-22(31)28-21(24(32)33)11-15-5-2-1-3-6-15;/h1-10,12-13,21H,11,14H2,(H,28,31)(H,32,33)(H2,27,29,30);1H4. The van der Waals surface area contributed by atoms with Gasteiger partial charge in [-0.3, -0.25) is 4.79 Å². The first-order valence-electron chi connectivity index (χ1n) is 10.4. The molecule has 4 rings (SSSR count). The van der Waals surface area contributed by atoms with Gasteiger partial charge in [0.05, 0.1) is 11.2 Å². The van der Waals surface area contributed by atoms with Gasteiger partial charge in [-0.2, -0.15) is 0 Å². The fraction of sp³-hybridized carbons (Fsp3) is 0.154. The minimum Gasteiger partial charge on any atom is -0.484 e. The average Bonchev–Trinajstić information content (AvgIpc) is 2.83. The maximum Gasteiger partial charge on any atom is 0.326 e. The Kier molecular flexibility index (Phi) is 8.22. The van der Waals surface area contributed by atoms with Gasteiger partial charge < -0.3 is 20.9 Å². The number of hydrogen-bond donors (Lipinski definition) is 3. The largest absolute Gasteiger partial charge is 0.484 e. The summed E-state index contributed by atoms with van der Waals surface area (Å²) < 4.78 is 5.62. The number of carboxylic acids is 1. The van der Waals surface area contributed by atoms with Gasteiger partial charge in [0.15, 0.2) is 6.61 Å². The fourth-order valence-electron chi connectivity index (χ4n) is 3.51. The molecule has 0 spiro atoms. The number of anilines is 1. The van der Waals surface area contributed by atoms with E-state index in [0.717, 1.165) is 10.9 Å². The van der Waals surface area contributed by atoms with Crippen molar-refractivity contribution in [3.8, 4) is 17.0 Å². The Balaban J connectivity index is 0.00000342. The number of fused-ring (bicyclic) bond motifs is 1. The summed E-state index contributed by atoms with van der Waals surface area (Å²) in [7, 11) is 0. The second kappa shape index (κ2) is 11.3. The van der Waals surface area contributed by atoms with E-state index >= 15 is 0 Å². The predicted molar refractivity (Wildman–Crippen MR) is 136 cm³/mol. The first-order valence-corrected chi connectivity index (χ1v) is 10.8. The fourth-order valence-corrected chi connectivity index (χ4v) is 3.68. The van der Waals surface area contributed by atoms with Crippen molar-refractivity contribution in [1.82, 2.24) is 15.3 Å². The number of rotatable bonds is 8. The molecule has 0 fully saturated rings. The second-order valence-electron chi connectivity index (χ2n) is 7.56. The Hall–Kier alpha value is -4.17. The maximum absolute atomic E-state index is 12.4. The summed E-state index contributed by atoms with van der Waals surface area (Å²) in [5, 5.41) is 13.2. The van der Waals surface area contributed by atoms with Gasteiger partial charge in [-0.25, -0.2) is 14.8 Å². The van der Waals surface area contributed by atoms with Crippen LogP contribution < -0.4 is 15.8 Å². The van der Waals surface area contributed by atoms with Gasteiger partial charge in [0.25, 0.3) is 5.91 Å². The Labute approximate surface area is 207 Å².